The number of para-hydroxylation sites is 1. The van der Waals surface area contributed by atoms with Crippen molar-refractivity contribution < 1.29 is 38.1 Å². The van der Waals surface area contributed by atoms with E-state index in [1.54, 1.807) is 37.4 Å². The number of carbonyl (C=O) groups excluding carboxylic acids is 3. The Balaban J connectivity index is 1.23. The first-order chi connectivity index (χ1) is 26.8. The summed E-state index contributed by atoms with van der Waals surface area (Å²) in [5.74, 6) is 0.536. The Morgan fingerprint density at radius 1 is 0.855 bits per heavy atom. The average molecular weight is 773 g/mol. The molecule has 0 bridgehead atoms. The Hall–Kier alpha value is -4.90. The number of carbonyl (C=O) groups is 3. The molecular formula is C44H56N2O8S. The number of methoxy groups -OCH3 is 1. The van der Waals surface area contributed by atoms with Gasteiger partial charge < -0.3 is 23.7 Å². The van der Waals surface area contributed by atoms with E-state index in [4.69, 9.17) is 23.7 Å². The van der Waals surface area contributed by atoms with Crippen molar-refractivity contribution in [1.29, 1.82) is 0 Å². The van der Waals surface area contributed by atoms with Gasteiger partial charge in [-0.1, -0.05) is 57.0 Å². The molecule has 1 N–H and O–H groups in total. The topological polar surface area (TPSA) is 113 Å². The van der Waals surface area contributed by atoms with Crippen LogP contribution in [0.25, 0.3) is 6.08 Å². The second-order valence-corrected chi connectivity index (χ2v) is 14.0. The zero-order valence-electron chi connectivity index (χ0n) is 32.2. The summed E-state index contributed by atoms with van der Waals surface area (Å²) in [4.78, 5) is 38.3. The minimum atomic E-state index is -0.394. The number of hydrazine groups is 1. The number of anilines is 1. The van der Waals surface area contributed by atoms with Gasteiger partial charge in [-0.2, -0.15) is 0 Å². The van der Waals surface area contributed by atoms with Crippen molar-refractivity contribution in [2.24, 2.45) is 5.92 Å². The van der Waals surface area contributed by atoms with Gasteiger partial charge in [0.25, 0.3) is 0 Å². The van der Waals surface area contributed by atoms with Crippen molar-refractivity contribution in [3.8, 4) is 17.2 Å². The fraction of sp³-hybridized carbons (Fsp3) is 0.432. The molecule has 10 nitrogen and oxygen atoms in total. The lowest BCUT2D eigenvalue weighted by Crippen LogP contribution is -2.30. The van der Waals surface area contributed by atoms with Crippen LogP contribution in [0.3, 0.4) is 0 Å². The van der Waals surface area contributed by atoms with Crippen molar-refractivity contribution in [2.75, 3.05) is 32.3 Å². The molecule has 0 unspecified atom stereocenters. The SMILES string of the molecule is C=CC(=O)OCCCCCCOc1ccc(OC(=O)[C@H]2CC[C@H](OC(=O)c3ccccc3/C=C/N(CCCCCC)Nc3c(S)cccc3OC)CC2)cc1. The first-order valence-electron chi connectivity index (χ1n) is 19.4. The van der Waals surface area contributed by atoms with Crippen LogP contribution in [0, 0.1) is 5.92 Å². The molecule has 0 radical (unpaired) electrons. The number of nitrogens with zero attached hydrogens (tertiary/aromatic N) is 1. The Morgan fingerprint density at radius 3 is 2.29 bits per heavy atom. The minimum Gasteiger partial charge on any atom is -0.494 e. The molecule has 3 aromatic carbocycles. The molecule has 11 heteroatoms. The van der Waals surface area contributed by atoms with Crippen molar-refractivity contribution in [3.05, 3.63) is 96.7 Å². The normalized spacial score (nSPS) is 15.2. The predicted octanol–water partition coefficient (Wildman–Crippen LogP) is 9.85. The molecular weight excluding hydrogens is 717 g/mol. The van der Waals surface area contributed by atoms with E-state index in [0.29, 0.717) is 61.7 Å². The molecule has 1 aliphatic rings. The maximum absolute atomic E-state index is 13.5. The summed E-state index contributed by atoms with van der Waals surface area (Å²) < 4.78 is 28.0. The van der Waals surface area contributed by atoms with Crippen LogP contribution in [-0.4, -0.2) is 55.9 Å². The van der Waals surface area contributed by atoms with Gasteiger partial charge in [0.1, 0.15) is 29.0 Å². The number of esters is 3. The highest BCUT2D eigenvalue weighted by Gasteiger charge is 2.30. The first kappa shape index (κ1) is 42.8. The highest BCUT2D eigenvalue weighted by atomic mass is 32.1. The molecule has 0 aromatic heterocycles. The molecule has 55 heavy (non-hydrogen) atoms. The van der Waals surface area contributed by atoms with Crippen LogP contribution in [0.2, 0.25) is 0 Å². The van der Waals surface area contributed by atoms with E-state index < -0.39 is 5.97 Å². The third-order valence-electron chi connectivity index (χ3n) is 9.39. The zero-order chi connectivity index (χ0) is 39.3. The van der Waals surface area contributed by atoms with Crippen LogP contribution in [-0.2, 0) is 19.1 Å². The van der Waals surface area contributed by atoms with Crippen LogP contribution in [0.4, 0.5) is 5.69 Å². The van der Waals surface area contributed by atoms with Crippen LogP contribution in [0.1, 0.15) is 99.9 Å². The number of benzene rings is 3. The highest BCUT2D eigenvalue weighted by molar-refractivity contribution is 7.80. The molecule has 0 saturated heterocycles. The Bertz CT molecular complexity index is 1690. The van der Waals surface area contributed by atoms with Crippen molar-refractivity contribution in [1.82, 2.24) is 5.01 Å². The summed E-state index contributed by atoms with van der Waals surface area (Å²) in [5, 5.41) is 2.00. The van der Waals surface area contributed by atoms with Crippen molar-refractivity contribution in [2.45, 2.75) is 95.0 Å². The largest absolute Gasteiger partial charge is 0.494 e. The van der Waals surface area contributed by atoms with Crippen LogP contribution >= 0.6 is 12.6 Å². The number of ether oxygens (including phenoxy) is 5. The summed E-state index contributed by atoms with van der Waals surface area (Å²) in [5.41, 5.74) is 5.45. The van der Waals surface area contributed by atoms with Gasteiger partial charge in [-0.15, -0.1) is 12.6 Å². The second kappa shape index (κ2) is 23.8. The van der Waals surface area contributed by atoms with Crippen molar-refractivity contribution >= 4 is 42.3 Å². The highest BCUT2D eigenvalue weighted by Crippen LogP contribution is 2.32. The Labute approximate surface area is 331 Å². The zero-order valence-corrected chi connectivity index (χ0v) is 33.1. The van der Waals surface area contributed by atoms with Gasteiger partial charge in [-0.3, -0.25) is 15.2 Å². The fourth-order valence-electron chi connectivity index (χ4n) is 6.23. The lowest BCUT2D eigenvalue weighted by Gasteiger charge is -2.27. The smallest absolute Gasteiger partial charge is 0.339 e. The van der Waals surface area contributed by atoms with E-state index in [1.807, 2.05) is 53.7 Å². The molecule has 0 spiro atoms. The van der Waals surface area contributed by atoms with Crippen LogP contribution in [0.5, 0.6) is 17.2 Å². The summed E-state index contributed by atoms with van der Waals surface area (Å²) >= 11 is 4.64. The maximum atomic E-state index is 13.5. The number of rotatable bonds is 23. The number of thiol groups is 1. The van der Waals surface area contributed by atoms with Gasteiger partial charge in [-0.05, 0) is 112 Å². The van der Waals surface area contributed by atoms with Gasteiger partial charge in [-0.25, -0.2) is 9.59 Å². The first-order valence-corrected chi connectivity index (χ1v) is 19.9. The van der Waals surface area contributed by atoms with Crippen LogP contribution < -0.4 is 19.6 Å². The third-order valence-corrected chi connectivity index (χ3v) is 9.76. The Kier molecular flexibility index (Phi) is 18.5. The van der Waals surface area contributed by atoms with Gasteiger partial charge >= 0.3 is 17.9 Å². The molecule has 3 aromatic rings. The summed E-state index contributed by atoms with van der Waals surface area (Å²) in [6.07, 6.45) is 15.1. The monoisotopic (exact) mass is 772 g/mol. The molecule has 1 fully saturated rings. The number of unbranched alkanes of at least 4 members (excludes halogenated alkanes) is 6. The Morgan fingerprint density at radius 2 is 1.56 bits per heavy atom. The number of nitrogens with one attached hydrogen (secondary N) is 1. The van der Waals surface area contributed by atoms with E-state index in [-0.39, 0.29) is 24.0 Å². The van der Waals surface area contributed by atoms with Gasteiger partial charge in [0.05, 0.1) is 31.8 Å². The molecule has 1 aliphatic carbocycles. The molecule has 1 saturated carbocycles. The molecule has 0 heterocycles. The van der Waals surface area contributed by atoms with E-state index >= 15 is 0 Å². The third kappa shape index (κ3) is 14.7. The fourth-order valence-corrected chi connectivity index (χ4v) is 6.48. The van der Waals surface area contributed by atoms with Gasteiger partial charge in [0.15, 0.2) is 0 Å². The molecule has 296 valence electrons. The molecule has 0 aliphatic heterocycles. The van der Waals surface area contributed by atoms with Crippen molar-refractivity contribution in [3.63, 3.8) is 0 Å². The van der Waals surface area contributed by atoms with E-state index in [9.17, 15) is 14.4 Å². The number of hydrogen-bond donors (Lipinski definition) is 2. The van der Waals surface area contributed by atoms with E-state index in [1.165, 1.54) is 6.08 Å². The number of hydrogen-bond acceptors (Lipinski definition) is 11. The lowest BCUT2D eigenvalue weighted by atomic mass is 9.87. The molecule has 0 atom stereocenters. The van der Waals surface area contributed by atoms with Gasteiger partial charge in [0.2, 0.25) is 0 Å². The molecule has 4 rings (SSSR count). The summed E-state index contributed by atoms with van der Waals surface area (Å²) in [7, 11) is 1.63. The standard InChI is InChI=1S/C44H56N2O8S/c1-4-6-7-12-29-46(45-42-39(50-3)18-15-19-40(42)55)30-28-33-16-10-11-17-38(33)44(49)54-36-22-20-34(21-23-36)43(48)53-37-26-24-35(25-27-37)51-31-13-8-9-14-32-52-41(47)5-2/h5,10-11,15-19,24-28,30,34,36,45,55H,2,4,6-9,12-14,20-23,29,31-32H2,1,3H3/b30-28+/t34-,36-. The summed E-state index contributed by atoms with van der Waals surface area (Å²) in [6.45, 7) is 7.29. The molecule has 0 amide bonds. The lowest BCUT2D eigenvalue weighted by molar-refractivity contribution is -0.140. The van der Waals surface area contributed by atoms with Gasteiger partial charge in [0, 0.05) is 23.7 Å². The second-order valence-electron chi connectivity index (χ2n) is 13.5. The van der Waals surface area contributed by atoms with E-state index in [2.05, 4.69) is 31.6 Å². The maximum Gasteiger partial charge on any atom is 0.339 e. The van der Waals surface area contributed by atoms with Crippen LogP contribution in [0.15, 0.2) is 90.5 Å². The summed E-state index contributed by atoms with van der Waals surface area (Å²) in [6, 6.07) is 20.2. The quantitative estimate of drug-likeness (QED) is 0.0241. The predicted molar refractivity (Wildman–Crippen MR) is 219 cm³/mol. The minimum absolute atomic E-state index is 0.266. The van der Waals surface area contributed by atoms with E-state index in [0.717, 1.165) is 74.1 Å². The average Bonchev–Trinajstić information content (AvgIpc) is 3.20.